The van der Waals surface area contributed by atoms with E-state index in [-0.39, 0.29) is 18.2 Å². The Morgan fingerprint density at radius 1 is 1.00 bits per heavy atom. The van der Waals surface area contributed by atoms with Crippen LogP contribution < -0.4 is 5.32 Å². The topological polar surface area (TPSA) is 72.5 Å². The predicted molar refractivity (Wildman–Crippen MR) is 95.7 cm³/mol. The van der Waals surface area contributed by atoms with Crippen LogP contribution in [0.5, 0.6) is 0 Å². The zero-order chi connectivity index (χ0) is 18.2. The van der Waals surface area contributed by atoms with E-state index in [1.54, 1.807) is 18.2 Å². The minimum atomic E-state index is -0.580. The number of aryl methyl sites for hydroxylation is 1. The van der Waals surface area contributed by atoms with E-state index in [1.165, 1.54) is 13.8 Å². The van der Waals surface area contributed by atoms with Crippen molar-refractivity contribution in [3.63, 3.8) is 0 Å². The van der Waals surface area contributed by atoms with E-state index in [4.69, 9.17) is 4.74 Å². The smallest absolute Gasteiger partial charge is 0.411 e. The lowest BCUT2D eigenvalue weighted by molar-refractivity contribution is -0.116. The molecule has 0 aliphatic rings. The second-order valence-electron chi connectivity index (χ2n) is 5.82. The Bertz CT molecular complexity index is 769. The van der Waals surface area contributed by atoms with Crippen LogP contribution >= 0.6 is 0 Å². The van der Waals surface area contributed by atoms with Crippen molar-refractivity contribution in [3.8, 4) is 0 Å². The van der Waals surface area contributed by atoms with Gasteiger partial charge in [0.2, 0.25) is 0 Å². The number of rotatable bonds is 7. The van der Waals surface area contributed by atoms with Crippen molar-refractivity contribution < 1.29 is 19.1 Å². The molecule has 0 atom stereocenters. The van der Waals surface area contributed by atoms with E-state index in [2.05, 4.69) is 5.32 Å². The molecular formula is C20H21NO4. The summed E-state index contributed by atoms with van der Waals surface area (Å²) in [5.41, 5.74) is 2.71. The van der Waals surface area contributed by atoms with Crippen LogP contribution in [0.4, 0.5) is 10.5 Å². The maximum atomic E-state index is 12.0. The summed E-state index contributed by atoms with van der Waals surface area (Å²) in [6.45, 7) is 3.16. The fraction of sp³-hybridized carbons (Fsp3) is 0.250. The average molecular weight is 339 g/mol. The van der Waals surface area contributed by atoms with Gasteiger partial charge in [-0.25, -0.2) is 4.79 Å². The van der Waals surface area contributed by atoms with Crippen LogP contribution in [0.25, 0.3) is 0 Å². The molecule has 0 spiro atoms. The third-order valence-electron chi connectivity index (χ3n) is 3.71. The molecule has 0 aliphatic carbocycles. The number of hydrogen-bond acceptors (Lipinski definition) is 4. The summed E-state index contributed by atoms with van der Waals surface area (Å²) in [4.78, 5) is 34.8. The first-order valence-corrected chi connectivity index (χ1v) is 8.06. The van der Waals surface area contributed by atoms with E-state index in [0.29, 0.717) is 24.1 Å². The Morgan fingerprint density at radius 3 is 2.36 bits per heavy atom. The van der Waals surface area contributed by atoms with Crippen molar-refractivity contribution in [1.82, 2.24) is 0 Å². The first-order valence-electron chi connectivity index (χ1n) is 8.06. The number of carbonyl (C=O) groups excluding carboxylic acids is 3. The molecule has 0 aliphatic heterocycles. The highest BCUT2D eigenvalue weighted by Gasteiger charge is 2.11. The predicted octanol–water partition coefficient (Wildman–Crippen LogP) is 4.16. The Hall–Kier alpha value is -2.95. The number of carbonyl (C=O) groups is 3. The summed E-state index contributed by atoms with van der Waals surface area (Å²) >= 11 is 0. The maximum Gasteiger partial charge on any atom is 0.411 e. The van der Waals surface area contributed by atoms with Crippen LogP contribution in [0.2, 0.25) is 0 Å². The van der Waals surface area contributed by atoms with Gasteiger partial charge in [0, 0.05) is 17.7 Å². The molecule has 130 valence electrons. The van der Waals surface area contributed by atoms with Crippen molar-refractivity contribution in [2.24, 2.45) is 0 Å². The largest absolute Gasteiger partial charge is 0.444 e. The van der Waals surface area contributed by atoms with Crippen LogP contribution in [-0.2, 0) is 22.6 Å². The fourth-order valence-electron chi connectivity index (χ4n) is 2.32. The lowest BCUT2D eigenvalue weighted by atomic mass is 10.0. The number of Topliss-reactive ketones (excluding diaryl/α,β-unsaturated/α-hetero) is 2. The maximum absolute atomic E-state index is 12.0. The van der Waals surface area contributed by atoms with E-state index in [0.717, 1.165) is 11.1 Å². The second kappa shape index (κ2) is 8.78. The summed E-state index contributed by atoms with van der Waals surface area (Å²) in [7, 11) is 0. The molecule has 2 rings (SSSR count). The monoisotopic (exact) mass is 339 g/mol. The number of ketones is 2. The number of hydrogen-bond donors (Lipinski definition) is 1. The van der Waals surface area contributed by atoms with Crippen molar-refractivity contribution in [1.29, 1.82) is 0 Å². The fourth-order valence-corrected chi connectivity index (χ4v) is 2.32. The third kappa shape index (κ3) is 5.88. The minimum absolute atomic E-state index is 0.0471. The average Bonchev–Trinajstić information content (AvgIpc) is 2.59. The first kappa shape index (κ1) is 18.4. The third-order valence-corrected chi connectivity index (χ3v) is 3.71. The van der Waals surface area contributed by atoms with Gasteiger partial charge in [0.1, 0.15) is 12.4 Å². The molecule has 1 N–H and O–H groups in total. The first-order chi connectivity index (χ1) is 12.0. The van der Waals surface area contributed by atoms with Gasteiger partial charge in [0.25, 0.3) is 0 Å². The Kier molecular flexibility index (Phi) is 6.46. The zero-order valence-electron chi connectivity index (χ0n) is 14.4. The summed E-state index contributed by atoms with van der Waals surface area (Å²) in [5.74, 6) is -0.0203. The van der Waals surface area contributed by atoms with Crippen molar-refractivity contribution in [3.05, 3.63) is 65.2 Å². The van der Waals surface area contributed by atoms with Crippen molar-refractivity contribution in [2.45, 2.75) is 33.3 Å². The standard InChI is InChI=1S/C20H21NO4/c1-14(22)8-9-18-12-17(15(2)23)10-11-19(18)21-20(24)25-13-16-6-4-3-5-7-16/h3-7,10-12H,8-9,13H2,1-2H3,(H,21,24). The molecule has 0 unspecified atom stereocenters. The molecule has 2 aromatic carbocycles. The summed E-state index contributed by atoms with van der Waals surface area (Å²) in [6.07, 6.45) is 0.211. The molecule has 0 aromatic heterocycles. The lowest BCUT2D eigenvalue weighted by Gasteiger charge is -2.12. The van der Waals surface area contributed by atoms with Gasteiger partial charge in [0.15, 0.2) is 5.78 Å². The second-order valence-corrected chi connectivity index (χ2v) is 5.82. The van der Waals surface area contributed by atoms with E-state index < -0.39 is 6.09 Å². The number of ether oxygens (including phenoxy) is 1. The SMILES string of the molecule is CC(=O)CCc1cc(C(C)=O)ccc1NC(=O)OCc1ccccc1. The summed E-state index contributed by atoms with van der Waals surface area (Å²) < 4.78 is 5.21. The van der Waals surface area contributed by atoms with Gasteiger partial charge in [0.05, 0.1) is 0 Å². The van der Waals surface area contributed by atoms with Crippen LogP contribution in [-0.4, -0.2) is 17.7 Å². The summed E-state index contributed by atoms with van der Waals surface area (Å²) in [5, 5.41) is 2.69. The molecule has 0 fully saturated rings. The quantitative estimate of drug-likeness (QED) is 0.769. The molecule has 25 heavy (non-hydrogen) atoms. The van der Waals surface area contributed by atoms with Crippen molar-refractivity contribution in [2.75, 3.05) is 5.32 Å². The molecule has 5 nitrogen and oxygen atoms in total. The van der Waals surface area contributed by atoms with Crippen molar-refractivity contribution >= 4 is 23.3 Å². The van der Waals surface area contributed by atoms with Gasteiger partial charge in [-0.1, -0.05) is 30.3 Å². The van der Waals surface area contributed by atoms with Crippen LogP contribution in [0.1, 0.15) is 41.8 Å². The van der Waals surface area contributed by atoms with E-state index in [1.807, 2.05) is 30.3 Å². The van der Waals surface area contributed by atoms with Crippen LogP contribution in [0.3, 0.4) is 0 Å². The van der Waals surface area contributed by atoms with E-state index in [9.17, 15) is 14.4 Å². The van der Waals surface area contributed by atoms with Gasteiger partial charge in [-0.3, -0.25) is 10.1 Å². The molecule has 0 heterocycles. The van der Waals surface area contributed by atoms with Gasteiger partial charge >= 0.3 is 6.09 Å². The zero-order valence-corrected chi connectivity index (χ0v) is 14.4. The summed E-state index contributed by atoms with van der Waals surface area (Å²) in [6, 6.07) is 14.4. The Labute approximate surface area is 147 Å². The van der Waals surface area contributed by atoms with E-state index >= 15 is 0 Å². The number of nitrogens with one attached hydrogen (secondary N) is 1. The molecule has 0 saturated heterocycles. The minimum Gasteiger partial charge on any atom is -0.444 e. The number of benzene rings is 2. The molecular weight excluding hydrogens is 318 g/mol. The highest BCUT2D eigenvalue weighted by atomic mass is 16.5. The van der Waals surface area contributed by atoms with Crippen LogP contribution in [0, 0.1) is 0 Å². The van der Waals surface area contributed by atoms with Gasteiger partial charge < -0.3 is 9.53 Å². The highest BCUT2D eigenvalue weighted by Crippen LogP contribution is 2.20. The molecule has 1 amide bonds. The van der Waals surface area contributed by atoms with Gasteiger partial charge in [-0.15, -0.1) is 0 Å². The number of anilines is 1. The molecule has 2 aromatic rings. The molecule has 0 saturated carbocycles. The lowest BCUT2D eigenvalue weighted by Crippen LogP contribution is -2.15. The van der Waals surface area contributed by atoms with Crippen LogP contribution in [0.15, 0.2) is 48.5 Å². The molecule has 0 bridgehead atoms. The Balaban J connectivity index is 2.06. The molecule has 0 radical (unpaired) electrons. The van der Waals surface area contributed by atoms with Gasteiger partial charge in [-0.2, -0.15) is 0 Å². The normalized spacial score (nSPS) is 10.2. The number of amides is 1. The highest BCUT2D eigenvalue weighted by molar-refractivity contribution is 5.95. The Morgan fingerprint density at radius 2 is 1.72 bits per heavy atom. The molecule has 5 heteroatoms. The van der Waals surface area contributed by atoms with Gasteiger partial charge in [-0.05, 0) is 49.6 Å².